The van der Waals surface area contributed by atoms with Crippen LogP contribution in [-0.4, -0.2) is 131 Å². The smallest absolute Gasteiger partial charge is 0.415 e. The first kappa shape index (κ1) is 44.1. The third-order valence-corrected chi connectivity index (χ3v) is 12.9. The minimum Gasteiger partial charge on any atom is -0.493 e. The third-order valence-electron chi connectivity index (χ3n) is 12.9. The van der Waals surface area contributed by atoms with Gasteiger partial charge in [0.1, 0.15) is 13.4 Å². The van der Waals surface area contributed by atoms with Crippen molar-refractivity contribution in [1.29, 1.82) is 0 Å². The van der Waals surface area contributed by atoms with Crippen molar-refractivity contribution in [3.63, 3.8) is 0 Å². The van der Waals surface area contributed by atoms with Crippen molar-refractivity contribution in [2.75, 3.05) is 74.8 Å². The van der Waals surface area contributed by atoms with E-state index in [1.54, 1.807) is 26.2 Å². The fourth-order valence-corrected chi connectivity index (χ4v) is 9.71. The number of ether oxygens (including phenoxy) is 10. The average molecular weight is 897 g/mol. The number of hydrogen-bond acceptors (Lipinski definition) is 15. The van der Waals surface area contributed by atoms with Crippen molar-refractivity contribution < 1.29 is 72.0 Å². The van der Waals surface area contributed by atoms with Gasteiger partial charge in [-0.15, -0.1) is 0 Å². The first-order valence-corrected chi connectivity index (χ1v) is 21.6. The molecule has 3 aliphatic heterocycles. The number of rotatable bonds is 14. The number of fused-ring (bicyclic) bond motifs is 6. The van der Waals surface area contributed by atoms with Gasteiger partial charge in [0.25, 0.3) is 0 Å². The average Bonchev–Trinajstić information content (AvgIpc) is 4.03. The lowest BCUT2D eigenvalue weighted by atomic mass is 9.66. The molecule has 0 spiro atoms. The van der Waals surface area contributed by atoms with Crippen molar-refractivity contribution in [2.45, 2.75) is 49.3 Å². The number of likely N-dealkylation sites (N-methyl/N-ethyl adjacent to an activating group) is 2. The van der Waals surface area contributed by atoms with Crippen LogP contribution in [0.5, 0.6) is 28.7 Å². The van der Waals surface area contributed by atoms with Crippen LogP contribution < -0.4 is 23.7 Å². The maximum Gasteiger partial charge on any atom is 0.415 e. The summed E-state index contributed by atoms with van der Waals surface area (Å²) in [6, 6.07) is 23.3. The minimum atomic E-state index is -0.858. The first-order chi connectivity index (χ1) is 31.6. The second kappa shape index (κ2) is 18.8. The van der Waals surface area contributed by atoms with Gasteiger partial charge in [-0.25, -0.2) is 9.59 Å². The summed E-state index contributed by atoms with van der Waals surface area (Å²) in [6.07, 6.45) is -3.61. The summed E-state index contributed by atoms with van der Waals surface area (Å²) in [5.74, 6) is -1.06. The molecule has 7 atom stereocenters. The van der Waals surface area contributed by atoms with Gasteiger partial charge in [-0.2, -0.15) is 0 Å². The number of esters is 1. The molecule has 0 bridgehead atoms. The van der Waals surface area contributed by atoms with Crippen LogP contribution in [0.3, 0.4) is 0 Å². The lowest BCUT2D eigenvalue weighted by Gasteiger charge is -2.42. The van der Waals surface area contributed by atoms with Gasteiger partial charge in [-0.3, -0.25) is 4.79 Å². The normalized spacial score (nSPS) is 23.7. The molecule has 17 heteroatoms. The molecule has 9 rings (SSSR count). The molecule has 0 radical (unpaired) electrons. The Kier molecular flexibility index (Phi) is 12.7. The van der Waals surface area contributed by atoms with Crippen molar-refractivity contribution in [3.8, 4) is 39.9 Å². The second-order valence-electron chi connectivity index (χ2n) is 16.8. The zero-order valence-electron chi connectivity index (χ0n) is 36.5. The van der Waals surface area contributed by atoms with Crippen LogP contribution in [0.25, 0.3) is 11.1 Å². The number of benzene rings is 4. The number of aliphatic hydroxyl groups is 2. The van der Waals surface area contributed by atoms with Crippen LogP contribution in [-0.2, 0) is 28.5 Å². The number of amides is 2. The van der Waals surface area contributed by atoms with E-state index in [0.29, 0.717) is 34.6 Å². The third kappa shape index (κ3) is 8.61. The molecule has 17 nitrogen and oxygen atoms in total. The maximum atomic E-state index is 13.8. The Hall–Kier alpha value is -6.11. The van der Waals surface area contributed by atoms with Gasteiger partial charge in [0, 0.05) is 57.8 Å². The molecule has 2 N–H and O–H groups in total. The van der Waals surface area contributed by atoms with E-state index in [1.165, 1.54) is 24.0 Å². The quantitative estimate of drug-likeness (QED) is 0.118. The highest BCUT2D eigenvalue weighted by atomic mass is 16.7. The topological polar surface area (TPSA) is 190 Å². The summed E-state index contributed by atoms with van der Waals surface area (Å²) in [6.45, 7) is 0.0829. The molecule has 2 saturated heterocycles. The zero-order chi connectivity index (χ0) is 45.4. The van der Waals surface area contributed by atoms with Crippen LogP contribution in [0.1, 0.15) is 58.6 Å². The zero-order valence-corrected chi connectivity index (χ0v) is 36.5. The van der Waals surface area contributed by atoms with Crippen molar-refractivity contribution in [1.82, 2.24) is 9.80 Å². The minimum absolute atomic E-state index is 0.00955. The molecule has 4 aromatic rings. The van der Waals surface area contributed by atoms with E-state index >= 15 is 0 Å². The molecule has 65 heavy (non-hydrogen) atoms. The summed E-state index contributed by atoms with van der Waals surface area (Å²) in [4.78, 5) is 43.3. The van der Waals surface area contributed by atoms with Crippen molar-refractivity contribution >= 4 is 18.2 Å². The van der Waals surface area contributed by atoms with E-state index in [9.17, 15) is 24.6 Å². The van der Waals surface area contributed by atoms with Gasteiger partial charge in [-0.05, 0) is 63.2 Å². The highest BCUT2D eigenvalue weighted by molar-refractivity contribution is 5.80. The van der Waals surface area contributed by atoms with E-state index in [0.717, 1.165) is 22.3 Å². The van der Waals surface area contributed by atoms with Gasteiger partial charge >= 0.3 is 18.2 Å². The Morgan fingerprint density at radius 1 is 0.785 bits per heavy atom. The summed E-state index contributed by atoms with van der Waals surface area (Å²) in [5.41, 5.74) is 6.51. The van der Waals surface area contributed by atoms with Gasteiger partial charge in [0.2, 0.25) is 12.5 Å². The lowest BCUT2D eigenvalue weighted by Crippen LogP contribution is -2.43. The Morgan fingerprint density at radius 2 is 1.42 bits per heavy atom. The highest BCUT2D eigenvalue weighted by Gasteiger charge is 2.54. The summed E-state index contributed by atoms with van der Waals surface area (Å²) in [7, 11) is 6.03. The molecule has 344 valence electrons. The number of carbonyl (C=O) groups excluding carboxylic acids is 3. The molecule has 0 saturated carbocycles. The SMILES string of the molecule is COc1cc(C2c3cc4c(cc3C(OC3CC(O)CC(COCO)O3)C3COC(=O)C23)OCO4)cc(OC)c1OC(=O)N(C)CCN(C)C(=O)OCC1c2ccccc2-c2ccccc21. The van der Waals surface area contributed by atoms with Gasteiger partial charge < -0.3 is 67.4 Å². The van der Waals surface area contributed by atoms with Crippen molar-refractivity contribution in [3.05, 3.63) is 101 Å². The molecular weight excluding hydrogens is 845 g/mol. The molecule has 7 unspecified atom stereocenters. The van der Waals surface area contributed by atoms with Crippen molar-refractivity contribution in [2.24, 2.45) is 11.8 Å². The Balaban J connectivity index is 0.910. The number of methoxy groups -OCH3 is 2. The van der Waals surface area contributed by atoms with Gasteiger partial charge in [0.05, 0.1) is 51.7 Å². The summed E-state index contributed by atoms with van der Waals surface area (Å²) < 4.78 is 58.6. The monoisotopic (exact) mass is 896 g/mol. The van der Waals surface area contributed by atoms with E-state index in [1.807, 2.05) is 36.4 Å². The molecule has 2 amide bonds. The number of cyclic esters (lactones) is 1. The Morgan fingerprint density at radius 3 is 2.06 bits per heavy atom. The highest BCUT2D eigenvalue weighted by Crippen LogP contribution is 2.57. The van der Waals surface area contributed by atoms with E-state index in [4.69, 9.17) is 47.4 Å². The maximum absolute atomic E-state index is 13.8. The lowest BCUT2D eigenvalue weighted by molar-refractivity contribution is -0.254. The largest absolute Gasteiger partial charge is 0.493 e. The fraction of sp³-hybridized carbons (Fsp3) is 0.438. The Labute approximate surface area is 375 Å². The number of nitrogens with zero attached hydrogens (tertiary/aromatic N) is 2. The standard InChI is InChI=1S/C48H52N2O15/c1-49(47(54)60-22-35-31-11-7-5-9-29(31)30-10-6-8-12-32(30)35)13-14-50(2)48(55)65-45-39(56-3)15-26(16-40(45)57-4)42-33-19-37-38(62-25-61-37)20-34(33)44(36-23-59-46(53)43(36)42)64-41-18-27(52)17-28(63-41)21-58-24-51/h5-12,15-16,19-20,27-28,35-36,41-44,51-52H,13-14,17-18,21-25H2,1-4H3. The number of carbonyl (C=O) groups is 3. The molecular formula is C48H52N2O15. The molecule has 3 heterocycles. The van der Waals surface area contributed by atoms with Gasteiger partial charge in [0.15, 0.2) is 29.3 Å². The molecule has 2 fully saturated rings. The van der Waals surface area contributed by atoms with Crippen LogP contribution in [0.4, 0.5) is 9.59 Å². The molecule has 0 aromatic heterocycles. The van der Waals surface area contributed by atoms with E-state index < -0.39 is 67.3 Å². The predicted molar refractivity (Wildman–Crippen MR) is 229 cm³/mol. The van der Waals surface area contributed by atoms with E-state index in [-0.39, 0.29) is 69.3 Å². The summed E-state index contributed by atoms with van der Waals surface area (Å²) in [5, 5.41) is 19.9. The van der Waals surface area contributed by atoms with E-state index in [2.05, 4.69) is 24.3 Å². The number of hydrogen-bond donors (Lipinski definition) is 2. The Bertz CT molecular complexity index is 2360. The summed E-state index contributed by atoms with van der Waals surface area (Å²) >= 11 is 0. The molecule has 4 aromatic carbocycles. The van der Waals surface area contributed by atoms with Crippen LogP contribution in [0, 0.1) is 11.8 Å². The van der Waals surface area contributed by atoms with Crippen LogP contribution >= 0.6 is 0 Å². The first-order valence-electron chi connectivity index (χ1n) is 21.6. The van der Waals surface area contributed by atoms with Gasteiger partial charge in [-0.1, -0.05) is 48.5 Å². The molecule has 2 aliphatic carbocycles. The molecule has 5 aliphatic rings. The fourth-order valence-electron chi connectivity index (χ4n) is 9.71. The van der Waals surface area contributed by atoms with Crippen LogP contribution in [0.2, 0.25) is 0 Å². The van der Waals surface area contributed by atoms with Crippen LogP contribution in [0.15, 0.2) is 72.8 Å². The predicted octanol–water partition coefficient (Wildman–Crippen LogP) is 5.57. The number of aliphatic hydroxyl groups excluding tert-OH is 2. The second-order valence-corrected chi connectivity index (χ2v) is 16.8.